The largest absolute Gasteiger partial charge is 0.214 e. The molecule has 0 saturated carbocycles. The van der Waals surface area contributed by atoms with E-state index in [1.165, 1.54) is 4.31 Å². The Kier molecular flexibility index (Phi) is 4.12. The Morgan fingerprint density at radius 1 is 1.40 bits per heavy atom. The van der Waals surface area contributed by atoms with Crippen molar-refractivity contribution in [2.75, 3.05) is 18.8 Å². The van der Waals surface area contributed by atoms with Crippen LogP contribution >= 0.6 is 0 Å². The van der Waals surface area contributed by atoms with Gasteiger partial charge < -0.3 is 0 Å². The molecule has 0 amide bonds. The molecular formula is C10H18N2O2S. The fraction of sp³-hybridized carbons (Fsp3) is 0.900. The van der Waals surface area contributed by atoms with Crippen LogP contribution in [-0.4, -0.2) is 31.6 Å². The molecule has 0 N–H and O–H groups in total. The summed E-state index contributed by atoms with van der Waals surface area (Å²) in [6.07, 6.45) is 1.35. The molecule has 1 rings (SSSR count). The molecule has 86 valence electrons. The molecule has 0 aromatic heterocycles. The number of hydrogen-bond acceptors (Lipinski definition) is 3. The molecule has 0 atom stereocenters. The van der Waals surface area contributed by atoms with E-state index in [9.17, 15) is 8.42 Å². The van der Waals surface area contributed by atoms with Crippen molar-refractivity contribution in [3.8, 4) is 6.07 Å². The van der Waals surface area contributed by atoms with E-state index in [0.29, 0.717) is 25.9 Å². The Morgan fingerprint density at radius 2 is 1.93 bits per heavy atom. The quantitative estimate of drug-likeness (QED) is 0.732. The van der Waals surface area contributed by atoms with Crippen molar-refractivity contribution < 1.29 is 8.42 Å². The predicted octanol–water partition coefficient (Wildman–Crippen LogP) is 1.21. The van der Waals surface area contributed by atoms with Gasteiger partial charge in [0.1, 0.15) is 0 Å². The third-order valence-electron chi connectivity index (χ3n) is 2.57. The van der Waals surface area contributed by atoms with Gasteiger partial charge in [0.2, 0.25) is 10.0 Å². The summed E-state index contributed by atoms with van der Waals surface area (Å²) in [5.74, 6) is 0.406. The van der Waals surface area contributed by atoms with E-state index in [2.05, 4.69) is 6.07 Å². The van der Waals surface area contributed by atoms with Gasteiger partial charge in [0.15, 0.2) is 0 Å². The highest BCUT2D eigenvalue weighted by molar-refractivity contribution is 7.89. The van der Waals surface area contributed by atoms with Gasteiger partial charge in [-0.2, -0.15) is 5.26 Å². The number of sulfonamides is 1. The molecule has 0 aromatic carbocycles. The Labute approximate surface area is 91.9 Å². The first-order chi connectivity index (χ1) is 6.95. The second-order valence-electron chi connectivity index (χ2n) is 4.47. The van der Waals surface area contributed by atoms with Crippen molar-refractivity contribution in [1.29, 1.82) is 5.26 Å². The lowest BCUT2D eigenvalue weighted by Gasteiger charge is -2.28. The van der Waals surface area contributed by atoms with Gasteiger partial charge in [0.25, 0.3) is 0 Å². The standard InChI is InChI=1S/C10H18N2O2S/c1-9(2)8-15(13,14)12-5-3-10(7-11)4-6-12/h9-10H,3-6,8H2,1-2H3. The van der Waals surface area contributed by atoms with Gasteiger partial charge in [-0.15, -0.1) is 0 Å². The molecular weight excluding hydrogens is 212 g/mol. The second kappa shape index (κ2) is 4.95. The van der Waals surface area contributed by atoms with Crippen LogP contribution < -0.4 is 0 Å². The molecule has 1 aliphatic heterocycles. The van der Waals surface area contributed by atoms with Crippen LogP contribution in [0.1, 0.15) is 26.7 Å². The Balaban J connectivity index is 2.57. The van der Waals surface area contributed by atoms with Gasteiger partial charge in [-0.1, -0.05) is 13.8 Å². The topological polar surface area (TPSA) is 61.2 Å². The molecule has 0 spiro atoms. The summed E-state index contributed by atoms with van der Waals surface area (Å²) < 4.78 is 25.2. The van der Waals surface area contributed by atoms with Gasteiger partial charge in [-0.25, -0.2) is 12.7 Å². The zero-order chi connectivity index (χ0) is 11.5. The van der Waals surface area contributed by atoms with Gasteiger partial charge in [-0.05, 0) is 18.8 Å². The molecule has 1 aliphatic rings. The molecule has 15 heavy (non-hydrogen) atoms. The summed E-state index contributed by atoms with van der Waals surface area (Å²) >= 11 is 0. The maximum atomic E-state index is 11.8. The molecule has 0 unspecified atom stereocenters. The molecule has 0 aliphatic carbocycles. The Hall–Kier alpha value is -0.600. The average molecular weight is 230 g/mol. The van der Waals surface area contributed by atoms with E-state index in [1.807, 2.05) is 13.8 Å². The van der Waals surface area contributed by atoms with Gasteiger partial charge in [0, 0.05) is 19.0 Å². The fourth-order valence-electron chi connectivity index (χ4n) is 1.79. The molecule has 4 nitrogen and oxygen atoms in total. The first kappa shape index (κ1) is 12.5. The number of rotatable bonds is 3. The van der Waals surface area contributed by atoms with Gasteiger partial charge >= 0.3 is 0 Å². The normalized spacial score (nSPS) is 20.4. The number of hydrogen-bond donors (Lipinski definition) is 0. The molecule has 0 bridgehead atoms. The van der Waals surface area contributed by atoms with Gasteiger partial charge in [-0.3, -0.25) is 0 Å². The summed E-state index contributed by atoms with van der Waals surface area (Å²) in [6.45, 7) is 4.82. The van der Waals surface area contributed by atoms with E-state index in [1.54, 1.807) is 0 Å². The molecule has 0 radical (unpaired) electrons. The van der Waals surface area contributed by atoms with Crippen LogP contribution in [0.25, 0.3) is 0 Å². The summed E-state index contributed by atoms with van der Waals surface area (Å²) in [6, 6.07) is 2.20. The minimum absolute atomic E-state index is 0.0375. The first-order valence-electron chi connectivity index (χ1n) is 5.33. The van der Waals surface area contributed by atoms with Gasteiger partial charge in [0.05, 0.1) is 11.8 Å². The number of piperidine rings is 1. The van der Waals surface area contributed by atoms with Crippen LogP contribution in [0.4, 0.5) is 0 Å². The fourth-order valence-corrected chi connectivity index (χ4v) is 3.61. The SMILES string of the molecule is CC(C)CS(=O)(=O)N1CCC(C#N)CC1. The maximum Gasteiger partial charge on any atom is 0.214 e. The summed E-state index contributed by atoms with van der Waals surface area (Å²) in [5, 5.41) is 8.71. The van der Waals surface area contributed by atoms with E-state index < -0.39 is 10.0 Å². The van der Waals surface area contributed by atoms with Crippen LogP contribution in [0, 0.1) is 23.2 Å². The van der Waals surface area contributed by atoms with Crippen molar-refractivity contribution in [2.45, 2.75) is 26.7 Å². The van der Waals surface area contributed by atoms with Crippen LogP contribution in [-0.2, 0) is 10.0 Å². The molecule has 1 heterocycles. The summed E-state index contributed by atoms with van der Waals surface area (Å²) in [4.78, 5) is 0. The predicted molar refractivity (Wildman–Crippen MR) is 58.5 cm³/mol. The number of nitrogens with zero attached hydrogens (tertiary/aromatic N) is 2. The van der Waals surface area contributed by atoms with Crippen LogP contribution in [0.2, 0.25) is 0 Å². The molecule has 0 aromatic rings. The number of nitriles is 1. The van der Waals surface area contributed by atoms with Crippen LogP contribution in [0.15, 0.2) is 0 Å². The lowest BCUT2D eigenvalue weighted by atomic mass is 10.0. The Bertz CT molecular complexity index is 335. The van der Waals surface area contributed by atoms with E-state index >= 15 is 0 Å². The van der Waals surface area contributed by atoms with Crippen LogP contribution in [0.5, 0.6) is 0 Å². The molecule has 5 heteroatoms. The van der Waals surface area contributed by atoms with Crippen molar-refractivity contribution >= 4 is 10.0 Å². The van der Waals surface area contributed by atoms with E-state index in [4.69, 9.17) is 5.26 Å². The second-order valence-corrected chi connectivity index (χ2v) is 6.49. The minimum Gasteiger partial charge on any atom is -0.212 e. The lowest BCUT2D eigenvalue weighted by Crippen LogP contribution is -2.40. The maximum absolute atomic E-state index is 11.8. The molecule has 1 saturated heterocycles. The lowest BCUT2D eigenvalue weighted by molar-refractivity contribution is 0.308. The monoisotopic (exact) mass is 230 g/mol. The highest BCUT2D eigenvalue weighted by atomic mass is 32.2. The smallest absolute Gasteiger partial charge is 0.212 e. The average Bonchev–Trinajstić information content (AvgIpc) is 2.16. The zero-order valence-corrected chi connectivity index (χ0v) is 10.1. The third kappa shape index (κ3) is 3.47. The van der Waals surface area contributed by atoms with Crippen molar-refractivity contribution in [1.82, 2.24) is 4.31 Å². The van der Waals surface area contributed by atoms with E-state index in [0.717, 1.165) is 0 Å². The van der Waals surface area contributed by atoms with Crippen molar-refractivity contribution in [3.63, 3.8) is 0 Å². The minimum atomic E-state index is -3.09. The van der Waals surface area contributed by atoms with Crippen molar-refractivity contribution in [3.05, 3.63) is 0 Å². The first-order valence-corrected chi connectivity index (χ1v) is 6.94. The summed E-state index contributed by atoms with van der Waals surface area (Å²) in [5.41, 5.74) is 0. The summed E-state index contributed by atoms with van der Waals surface area (Å²) in [7, 11) is -3.09. The van der Waals surface area contributed by atoms with E-state index in [-0.39, 0.29) is 17.6 Å². The third-order valence-corrected chi connectivity index (χ3v) is 4.81. The Morgan fingerprint density at radius 3 is 2.33 bits per heavy atom. The highest BCUT2D eigenvalue weighted by Crippen LogP contribution is 2.19. The zero-order valence-electron chi connectivity index (χ0n) is 9.31. The highest BCUT2D eigenvalue weighted by Gasteiger charge is 2.28. The molecule has 1 fully saturated rings. The van der Waals surface area contributed by atoms with Crippen LogP contribution in [0.3, 0.4) is 0 Å². The van der Waals surface area contributed by atoms with Crippen molar-refractivity contribution in [2.24, 2.45) is 11.8 Å².